The molecule has 2 amide bonds. The summed E-state index contributed by atoms with van der Waals surface area (Å²) < 4.78 is 20.5. The van der Waals surface area contributed by atoms with E-state index in [-0.39, 0.29) is 39.3 Å². The van der Waals surface area contributed by atoms with Crippen molar-refractivity contribution >= 4 is 47.1 Å². The first-order chi connectivity index (χ1) is 22.2. The third-order valence-electron chi connectivity index (χ3n) is 6.22. The van der Waals surface area contributed by atoms with Gasteiger partial charge in [-0.2, -0.15) is 0 Å². The summed E-state index contributed by atoms with van der Waals surface area (Å²) in [5.74, 6) is -2.97. The lowest BCUT2D eigenvalue weighted by atomic mass is 10.2. The Balaban J connectivity index is 1.42. The molecule has 0 fully saturated rings. The Kier molecular flexibility index (Phi) is 17.7. The van der Waals surface area contributed by atoms with Crippen molar-refractivity contribution in [2.75, 3.05) is 50.3 Å². The summed E-state index contributed by atoms with van der Waals surface area (Å²) in [5, 5.41) is 22.4. The normalized spacial score (nSPS) is 10.4. The molecule has 0 atom stereocenters. The minimum Gasteiger partial charge on any atom is -0.462 e. The van der Waals surface area contributed by atoms with Crippen molar-refractivity contribution in [1.29, 1.82) is 0 Å². The van der Waals surface area contributed by atoms with Crippen LogP contribution >= 0.6 is 0 Å². The van der Waals surface area contributed by atoms with Gasteiger partial charge in [-0.25, -0.2) is 9.59 Å². The van der Waals surface area contributed by atoms with Gasteiger partial charge in [0.25, 0.3) is 0 Å². The largest absolute Gasteiger partial charge is 0.462 e. The second-order valence-electron chi connectivity index (χ2n) is 9.90. The molecule has 0 bridgehead atoms. The molecular weight excluding hydrogens is 604 g/mol. The van der Waals surface area contributed by atoms with E-state index < -0.39 is 48.9 Å². The zero-order valence-electron chi connectivity index (χ0n) is 25.5. The van der Waals surface area contributed by atoms with Crippen molar-refractivity contribution in [2.45, 2.75) is 51.4 Å². The van der Waals surface area contributed by atoms with Crippen molar-refractivity contribution in [3.05, 3.63) is 59.7 Å². The van der Waals surface area contributed by atoms with Crippen LogP contribution in [0.5, 0.6) is 0 Å². The average molecular weight is 645 g/mol. The van der Waals surface area contributed by atoms with Crippen LogP contribution in [0.25, 0.3) is 0 Å². The lowest BCUT2D eigenvalue weighted by molar-refractivity contribution is -0.152. The molecule has 0 saturated heterocycles. The zero-order valence-corrected chi connectivity index (χ0v) is 25.5. The first kappa shape index (κ1) is 37.4. The first-order valence-corrected chi connectivity index (χ1v) is 14.9. The van der Waals surface area contributed by atoms with Gasteiger partial charge in [0.15, 0.2) is 0 Å². The maximum absolute atomic E-state index is 12.1. The van der Waals surface area contributed by atoms with E-state index in [2.05, 4.69) is 10.6 Å². The van der Waals surface area contributed by atoms with E-state index in [1.54, 1.807) is 0 Å². The van der Waals surface area contributed by atoms with Crippen LogP contribution in [-0.4, -0.2) is 85.5 Å². The minimum absolute atomic E-state index is 0.0462. The number of amides is 2. The summed E-state index contributed by atoms with van der Waals surface area (Å²) in [5.41, 5.74) is 1.53. The lowest BCUT2D eigenvalue weighted by Crippen LogP contribution is -2.15. The Morgan fingerprint density at radius 3 is 1.20 bits per heavy atom. The van der Waals surface area contributed by atoms with Gasteiger partial charge < -0.3 is 39.8 Å². The predicted octanol–water partition coefficient (Wildman–Crippen LogP) is 2.77. The molecule has 46 heavy (non-hydrogen) atoms. The number of aliphatic hydroxyl groups excluding tert-OH is 2. The quantitative estimate of drug-likeness (QED) is 0.0880. The maximum atomic E-state index is 12.1. The van der Waals surface area contributed by atoms with Crippen molar-refractivity contribution in [3.63, 3.8) is 0 Å². The monoisotopic (exact) mass is 644 g/mol. The molecule has 0 unspecified atom stereocenters. The molecule has 2 rings (SSSR count). The van der Waals surface area contributed by atoms with Gasteiger partial charge in [0, 0.05) is 24.2 Å². The lowest BCUT2D eigenvalue weighted by Gasteiger charge is -2.08. The van der Waals surface area contributed by atoms with Crippen molar-refractivity contribution in [1.82, 2.24) is 0 Å². The van der Waals surface area contributed by atoms with Crippen LogP contribution in [0, 0.1) is 0 Å². The molecule has 2 aromatic carbocycles. The van der Waals surface area contributed by atoms with Crippen LogP contribution in [-0.2, 0) is 38.1 Å². The molecule has 0 saturated carbocycles. The first-order valence-electron chi connectivity index (χ1n) is 14.9. The fourth-order valence-corrected chi connectivity index (χ4v) is 3.83. The molecule has 2 aromatic rings. The number of benzene rings is 2. The molecule has 0 radical (unpaired) electrons. The fraction of sp³-hybridized carbons (Fsp3) is 0.438. The second-order valence-corrected chi connectivity index (χ2v) is 9.90. The number of carbonyl (C=O) groups is 6. The summed E-state index contributed by atoms with van der Waals surface area (Å²) in [6, 6.07) is 12.1. The van der Waals surface area contributed by atoms with Gasteiger partial charge in [-0.15, -0.1) is 0 Å². The highest BCUT2D eigenvalue weighted by atomic mass is 16.6. The molecule has 0 aliphatic rings. The smallest absolute Gasteiger partial charge is 0.338 e. The van der Waals surface area contributed by atoms with Gasteiger partial charge in [0.1, 0.15) is 26.4 Å². The van der Waals surface area contributed by atoms with E-state index in [9.17, 15) is 28.8 Å². The number of carbonyl (C=O) groups excluding carboxylic acids is 6. The van der Waals surface area contributed by atoms with Crippen LogP contribution < -0.4 is 10.6 Å². The molecular formula is C32H40N2O12. The highest BCUT2D eigenvalue weighted by molar-refractivity contribution is 5.94. The Morgan fingerprint density at radius 2 is 0.848 bits per heavy atom. The van der Waals surface area contributed by atoms with Gasteiger partial charge in [0.2, 0.25) is 11.8 Å². The highest BCUT2D eigenvalue weighted by Gasteiger charge is 2.10. The number of hydrogen-bond acceptors (Lipinski definition) is 12. The highest BCUT2D eigenvalue weighted by Crippen LogP contribution is 2.13. The van der Waals surface area contributed by atoms with Crippen LogP contribution in [0.1, 0.15) is 72.1 Å². The fourth-order valence-electron chi connectivity index (χ4n) is 3.83. The van der Waals surface area contributed by atoms with Gasteiger partial charge in [-0.3, -0.25) is 19.2 Å². The number of ether oxygens (including phenoxy) is 4. The molecule has 0 aliphatic carbocycles. The molecule has 4 N–H and O–H groups in total. The Labute approximate surface area is 266 Å². The van der Waals surface area contributed by atoms with Crippen molar-refractivity contribution in [3.8, 4) is 0 Å². The van der Waals surface area contributed by atoms with Crippen molar-refractivity contribution in [2.24, 2.45) is 0 Å². The molecule has 0 aliphatic heterocycles. The second kappa shape index (κ2) is 21.8. The van der Waals surface area contributed by atoms with E-state index >= 15 is 0 Å². The molecule has 0 spiro atoms. The molecule has 0 heterocycles. The van der Waals surface area contributed by atoms with E-state index in [0.717, 1.165) is 0 Å². The number of aliphatic hydroxyl groups is 2. The average Bonchev–Trinajstić information content (AvgIpc) is 3.06. The Bertz CT molecular complexity index is 1180. The molecule has 14 heteroatoms. The predicted molar refractivity (Wildman–Crippen MR) is 164 cm³/mol. The Hall–Kier alpha value is -4.82. The summed E-state index contributed by atoms with van der Waals surface area (Å²) in [6.07, 6.45) is 3.86. The summed E-state index contributed by atoms with van der Waals surface area (Å²) >= 11 is 0. The van der Waals surface area contributed by atoms with Gasteiger partial charge in [0.05, 0.1) is 24.3 Å². The molecule has 250 valence electrons. The van der Waals surface area contributed by atoms with E-state index in [1.165, 1.54) is 48.5 Å². The number of anilines is 2. The minimum atomic E-state index is -0.637. The van der Waals surface area contributed by atoms with Gasteiger partial charge >= 0.3 is 23.9 Å². The van der Waals surface area contributed by atoms with Gasteiger partial charge in [-0.05, 0) is 87.1 Å². The van der Waals surface area contributed by atoms with Crippen LogP contribution in [0.15, 0.2) is 48.5 Å². The van der Waals surface area contributed by atoms with Crippen molar-refractivity contribution < 1.29 is 57.9 Å². The van der Waals surface area contributed by atoms with Gasteiger partial charge in [-0.1, -0.05) is 0 Å². The summed E-state index contributed by atoms with van der Waals surface area (Å²) in [7, 11) is 0. The topological polar surface area (TPSA) is 204 Å². The number of rotatable bonds is 21. The number of nitrogens with one attached hydrogen (secondary N) is 2. The third-order valence-corrected chi connectivity index (χ3v) is 6.22. The van der Waals surface area contributed by atoms with Crippen LogP contribution in [0.2, 0.25) is 0 Å². The van der Waals surface area contributed by atoms with Crippen LogP contribution in [0.3, 0.4) is 0 Å². The Morgan fingerprint density at radius 1 is 0.478 bits per heavy atom. The van der Waals surface area contributed by atoms with E-state index in [1.807, 2.05) is 0 Å². The third kappa shape index (κ3) is 15.8. The zero-order chi connectivity index (χ0) is 33.6. The van der Waals surface area contributed by atoms with E-state index in [0.29, 0.717) is 61.0 Å². The SMILES string of the molecule is O=C(CO)Nc1ccc(C(=O)OCCCCCC(=O)OCCOC(=O)CCCCCOC(=O)c2ccc(NC(=O)CO)cc2)cc1. The summed E-state index contributed by atoms with van der Waals surface area (Å²) in [4.78, 5) is 70.2. The van der Waals surface area contributed by atoms with Crippen LogP contribution in [0.4, 0.5) is 11.4 Å². The maximum Gasteiger partial charge on any atom is 0.338 e. The summed E-state index contributed by atoms with van der Waals surface area (Å²) in [6.45, 7) is -0.999. The molecule has 14 nitrogen and oxygen atoms in total. The number of esters is 4. The standard InChI is InChI=1S/C32H40N2O12/c35-21-27(37)33-25-13-9-23(10-14-25)31(41)45-17-5-1-3-7-29(39)43-19-20-44-30(40)8-4-2-6-18-46-32(42)24-11-15-26(16-12-24)34-28(38)22-36/h9-16,35-36H,1-8,17-22H2,(H,33,37)(H,34,38). The number of unbranched alkanes of at least 4 members (excludes halogenated alkanes) is 4. The molecule has 0 aromatic heterocycles. The van der Waals surface area contributed by atoms with E-state index in [4.69, 9.17) is 29.2 Å². The number of hydrogen-bond donors (Lipinski definition) is 4.